The predicted molar refractivity (Wildman–Crippen MR) is 98.3 cm³/mol. The number of esters is 1. The van der Waals surface area contributed by atoms with Crippen molar-refractivity contribution >= 4 is 11.9 Å². The van der Waals surface area contributed by atoms with Gasteiger partial charge >= 0.3 is 5.97 Å². The van der Waals surface area contributed by atoms with E-state index in [4.69, 9.17) is 4.74 Å². The molecule has 0 bridgehead atoms. The number of nitrogens with one attached hydrogen (secondary N) is 1. The van der Waals surface area contributed by atoms with E-state index in [-0.39, 0.29) is 11.3 Å². The van der Waals surface area contributed by atoms with E-state index in [1.54, 1.807) is 19.1 Å². The molecule has 132 valence electrons. The molecule has 2 rings (SSSR count). The fourth-order valence-corrected chi connectivity index (χ4v) is 2.32. The Hall–Kier alpha value is -2.62. The quantitative estimate of drug-likeness (QED) is 0.842. The summed E-state index contributed by atoms with van der Waals surface area (Å²) in [5.74, 6) is -0.814. The lowest BCUT2D eigenvalue weighted by Crippen LogP contribution is -2.35. The highest BCUT2D eigenvalue weighted by Crippen LogP contribution is 2.22. The second-order valence-corrected chi connectivity index (χ2v) is 7.08. The Balaban J connectivity index is 1.89. The van der Waals surface area contributed by atoms with Crippen LogP contribution < -0.4 is 5.32 Å². The van der Waals surface area contributed by atoms with Crippen molar-refractivity contribution in [3.8, 4) is 0 Å². The minimum absolute atomic E-state index is 0.0209. The van der Waals surface area contributed by atoms with E-state index in [0.717, 1.165) is 11.1 Å². The van der Waals surface area contributed by atoms with Crippen molar-refractivity contribution in [2.75, 3.05) is 0 Å². The summed E-state index contributed by atoms with van der Waals surface area (Å²) in [7, 11) is 0. The van der Waals surface area contributed by atoms with Crippen LogP contribution in [-0.2, 0) is 21.5 Å². The van der Waals surface area contributed by atoms with Crippen molar-refractivity contribution in [1.82, 2.24) is 5.32 Å². The minimum atomic E-state index is -0.849. The Morgan fingerprint density at radius 3 is 2.16 bits per heavy atom. The molecule has 0 saturated carbocycles. The zero-order chi connectivity index (χ0) is 18.4. The number of hydrogen-bond acceptors (Lipinski definition) is 3. The molecule has 0 aliphatic heterocycles. The van der Waals surface area contributed by atoms with Gasteiger partial charge in [0.2, 0.25) is 0 Å². The molecule has 0 aliphatic rings. The molecule has 0 radical (unpaired) electrons. The normalized spacial score (nSPS) is 12.3. The van der Waals surface area contributed by atoms with Crippen LogP contribution in [-0.4, -0.2) is 18.0 Å². The predicted octanol–water partition coefficient (Wildman–Crippen LogP) is 3.85. The largest absolute Gasteiger partial charge is 0.449 e. The van der Waals surface area contributed by atoms with Gasteiger partial charge in [-0.25, -0.2) is 4.79 Å². The average Bonchev–Trinajstić information content (AvgIpc) is 2.59. The van der Waals surface area contributed by atoms with Crippen molar-refractivity contribution in [2.45, 2.75) is 45.8 Å². The van der Waals surface area contributed by atoms with Gasteiger partial charge in [0, 0.05) is 6.54 Å². The maximum Gasteiger partial charge on any atom is 0.338 e. The first-order valence-electron chi connectivity index (χ1n) is 8.40. The van der Waals surface area contributed by atoms with Gasteiger partial charge in [0.1, 0.15) is 0 Å². The molecular formula is C21H25NO3. The number of hydrogen-bond donors (Lipinski definition) is 1. The Kier molecular flexibility index (Phi) is 5.97. The lowest BCUT2D eigenvalue weighted by atomic mass is 9.87. The van der Waals surface area contributed by atoms with Crippen molar-refractivity contribution in [3.63, 3.8) is 0 Å². The molecular weight excluding hydrogens is 314 g/mol. The molecule has 4 heteroatoms. The molecule has 2 aromatic carbocycles. The molecule has 1 amide bonds. The van der Waals surface area contributed by atoms with Gasteiger partial charge in [-0.05, 0) is 35.6 Å². The summed E-state index contributed by atoms with van der Waals surface area (Å²) in [6.07, 6.45) is -0.849. The van der Waals surface area contributed by atoms with Crippen molar-refractivity contribution in [2.24, 2.45) is 0 Å². The molecule has 1 atom stereocenters. The van der Waals surface area contributed by atoms with Crippen LogP contribution in [0.1, 0.15) is 49.2 Å². The standard InChI is InChI=1S/C21H25NO3/c1-15(19(23)22-14-16-8-6-5-7-9-16)25-20(24)17-10-12-18(13-11-17)21(2,3)4/h5-13,15H,14H2,1-4H3,(H,22,23)/t15-/m0/s1. The second kappa shape index (κ2) is 7.97. The smallest absolute Gasteiger partial charge is 0.338 e. The molecule has 1 N–H and O–H groups in total. The molecule has 2 aromatic rings. The van der Waals surface area contributed by atoms with Gasteiger partial charge in [-0.2, -0.15) is 0 Å². The maximum absolute atomic E-state index is 12.2. The van der Waals surface area contributed by atoms with Gasteiger partial charge in [0.05, 0.1) is 5.56 Å². The SMILES string of the molecule is C[C@H](OC(=O)c1ccc(C(C)(C)C)cc1)C(=O)NCc1ccccc1. The summed E-state index contributed by atoms with van der Waals surface area (Å²) >= 11 is 0. The first kappa shape index (κ1) is 18.7. The van der Waals surface area contributed by atoms with E-state index in [2.05, 4.69) is 26.1 Å². The zero-order valence-electron chi connectivity index (χ0n) is 15.2. The Bertz CT molecular complexity index is 715. The molecule has 0 unspecified atom stereocenters. The monoisotopic (exact) mass is 339 g/mol. The third kappa shape index (κ3) is 5.45. The second-order valence-electron chi connectivity index (χ2n) is 7.08. The molecule has 0 spiro atoms. The fraction of sp³-hybridized carbons (Fsp3) is 0.333. The van der Waals surface area contributed by atoms with Gasteiger partial charge < -0.3 is 10.1 Å². The van der Waals surface area contributed by atoms with Gasteiger partial charge in [-0.3, -0.25) is 4.79 Å². The third-order valence-corrected chi connectivity index (χ3v) is 3.95. The van der Waals surface area contributed by atoms with E-state index >= 15 is 0 Å². The summed E-state index contributed by atoms with van der Waals surface area (Å²) < 4.78 is 5.26. The number of ether oxygens (including phenoxy) is 1. The Labute approximate surface area is 149 Å². The van der Waals surface area contributed by atoms with Crippen LogP contribution in [0.5, 0.6) is 0 Å². The van der Waals surface area contributed by atoms with Crippen molar-refractivity contribution in [1.29, 1.82) is 0 Å². The van der Waals surface area contributed by atoms with Crippen molar-refractivity contribution in [3.05, 3.63) is 71.3 Å². The molecule has 0 aliphatic carbocycles. The molecule has 4 nitrogen and oxygen atoms in total. The van der Waals surface area contributed by atoms with Crippen LogP contribution in [0.25, 0.3) is 0 Å². The highest BCUT2D eigenvalue weighted by atomic mass is 16.5. The molecule has 0 aromatic heterocycles. The summed E-state index contributed by atoms with van der Waals surface area (Å²) in [6, 6.07) is 16.9. The van der Waals surface area contributed by atoms with Gasteiger partial charge in [0.15, 0.2) is 6.10 Å². The minimum Gasteiger partial charge on any atom is -0.449 e. The highest BCUT2D eigenvalue weighted by molar-refractivity contribution is 5.92. The molecule has 0 saturated heterocycles. The highest BCUT2D eigenvalue weighted by Gasteiger charge is 2.19. The average molecular weight is 339 g/mol. The van der Waals surface area contributed by atoms with Crippen LogP contribution in [0.4, 0.5) is 0 Å². The number of rotatable bonds is 5. The van der Waals surface area contributed by atoms with E-state index in [1.165, 1.54) is 0 Å². The molecule has 25 heavy (non-hydrogen) atoms. The lowest BCUT2D eigenvalue weighted by Gasteiger charge is -2.19. The first-order valence-corrected chi connectivity index (χ1v) is 8.40. The number of amides is 1. The number of carbonyl (C=O) groups is 2. The Morgan fingerprint density at radius 2 is 1.60 bits per heavy atom. The maximum atomic E-state index is 12.2. The van der Waals surface area contributed by atoms with Crippen LogP contribution in [0.3, 0.4) is 0 Å². The topological polar surface area (TPSA) is 55.4 Å². The summed E-state index contributed by atoms with van der Waals surface area (Å²) in [6.45, 7) is 8.31. The number of benzene rings is 2. The molecule has 0 heterocycles. The van der Waals surface area contributed by atoms with Crippen LogP contribution in [0.15, 0.2) is 54.6 Å². The first-order chi connectivity index (χ1) is 11.8. The lowest BCUT2D eigenvalue weighted by molar-refractivity contribution is -0.129. The van der Waals surface area contributed by atoms with Crippen LogP contribution >= 0.6 is 0 Å². The van der Waals surface area contributed by atoms with Gasteiger partial charge in [-0.15, -0.1) is 0 Å². The molecule has 0 fully saturated rings. The summed E-state index contributed by atoms with van der Waals surface area (Å²) in [5, 5.41) is 2.77. The summed E-state index contributed by atoms with van der Waals surface area (Å²) in [4.78, 5) is 24.3. The zero-order valence-corrected chi connectivity index (χ0v) is 15.2. The van der Waals surface area contributed by atoms with E-state index in [0.29, 0.717) is 12.1 Å². The Morgan fingerprint density at radius 1 is 1.00 bits per heavy atom. The number of carbonyl (C=O) groups excluding carboxylic acids is 2. The van der Waals surface area contributed by atoms with Crippen LogP contribution in [0.2, 0.25) is 0 Å². The van der Waals surface area contributed by atoms with E-state index in [9.17, 15) is 9.59 Å². The van der Waals surface area contributed by atoms with E-state index in [1.807, 2.05) is 42.5 Å². The van der Waals surface area contributed by atoms with E-state index < -0.39 is 12.1 Å². The van der Waals surface area contributed by atoms with Crippen molar-refractivity contribution < 1.29 is 14.3 Å². The summed E-state index contributed by atoms with van der Waals surface area (Å²) in [5.41, 5.74) is 2.59. The van der Waals surface area contributed by atoms with Crippen LogP contribution in [0, 0.1) is 0 Å². The van der Waals surface area contributed by atoms with Gasteiger partial charge in [-0.1, -0.05) is 63.2 Å². The fourth-order valence-electron chi connectivity index (χ4n) is 2.32. The van der Waals surface area contributed by atoms with Gasteiger partial charge in [0.25, 0.3) is 5.91 Å². The third-order valence-electron chi connectivity index (χ3n) is 3.95.